The van der Waals surface area contributed by atoms with E-state index in [1.165, 1.54) is 5.56 Å². The predicted octanol–water partition coefficient (Wildman–Crippen LogP) is 5.45. The van der Waals surface area contributed by atoms with E-state index in [1.807, 2.05) is 32.0 Å². The molecule has 2 aromatic rings. The second-order valence-corrected chi connectivity index (χ2v) is 7.39. The van der Waals surface area contributed by atoms with Gasteiger partial charge in [0.2, 0.25) is 0 Å². The third-order valence-corrected chi connectivity index (χ3v) is 4.95. The van der Waals surface area contributed by atoms with Crippen molar-refractivity contribution in [1.29, 1.82) is 0 Å². The summed E-state index contributed by atoms with van der Waals surface area (Å²) in [5, 5.41) is 9.66. The van der Waals surface area contributed by atoms with E-state index in [2.05, 4.69) is 24.3 Å². The van der Waals surface area contributed by atoms with Crippen LogP contribution < -0.4 is 4.74 Å². The van der Waals surface area contributed by atoms with E-state index in [0.29, 0.717) is 10.9 Å². The Morgan fingerprint density at radius 3 is 2.56 bits per heavy atom. The molecule has 1 aliphatic carbocycles. The van der Waals surface area contributed by atoms with E-state index in [0.717, 1.165) is 36.1 Å². The SMILES string of the molecule is CC(C)Oc1ccc(Cl)c(-c2ccc(CCC3CC3C(=O)O)cc2)c1. The fourth-order valence-electron chi connectivity index (χ4n) is 3.14. The smallest absolute Gasteiger partial charge is 0.306 e. The normalized spacial score (nSPS) is 19.0. The number of aliphatic carboxylic acids is 1. The molecule has 0 amide bonds. The minimum Gasteiger partial charge on any atom is -0.491 e. The molecule has 2 aromatic carbocycles. The topological polar surface area (TPSA) is 46.5 Å². The van der Waals surface area contributed by atoms with E-state index >= 15 is 0 Å². The van der Waals surface area contributed by atoms with Gasteiger partial charge in [0.05, 0.1) is 12.0 Å². The molecule has 1 N–H and O–H groups in total. The highest BCUT2D eigenvalue weighted by atomic mass is 35.5. The fraction of sp³-hybridized carbons (Fsp3) is 0.381. The lowest BCUT2D eigenvalue weighted by molar-refractivity contribution is -0.138. The van der Waals surface area contributed by atoms with Crippen LogP contribution in [0.15, 0.2) is 42.5 Å². The first-order valence-corrected chi connectivity index (χ1v) is 9.10. The van der Waals surface area contributed by atoms with Gasteiger partial charge in [-0.25, -0.2) is 0 Å². The van der Waals surface area contributed by atoms with Gasteiger partial charge in [-0.3, -0.25) is 4.79 Å². The monoisotopic (exact) mass is 358 g/mol. The Hall–Kier alpha value is -2.00. The lowest BCUT2D eigenvalue weighted by Gasteiger charge is -2.12. The van der Waals surface area contributed by atoms with Crippen LogP contribution in [0.25, 0.3) is 11.1 Å². The van der Waals surface area contributed by atoms with Crippen molar-refractivity contribution < 1.29 is 14.6 Å². The zero-order chi connectivity index (χ0) is 18.0. The lowest BCUT2D eigenvalue weighted by Crippen LogP contribution is -2.05. The second-order valence-electron chi connectivity index (χ2n) is 6.98. The summed E-state index contributed by atoms with van der Waals surface area (Å²) in [5.74, 6) is 0.378. The molecule has 0 saturated heterocycles. The molecular formula is C21H23ClO3. The van der Waals surface area contributed by atoms with Crippen LogP contribution in [0, 0.1) is 11.8 Å². The zero-order valence-electron chi connectivity index (χ0n) is 14.5. The summed E-state index contributed by atoms with van der Waals surface area (Å²) >= 11 is 6.35. The summed E-state index contributed by atoms with van der Waals surface area (Å²) in [6, 6.07) is 14.0. The highest BCUT2D eigenvalue weighted by Gasteiger charge is 2.42. The maximum atomic E-state index is 10.9. The van der Waals surface area contributed by atoms with Crippen LogP contribution in [0.2, 0.25) is 5.02 Å². The summed E-state index contributed by atoms with van der Waals surface area (Å²) in [7, 11) is 0. The molecule has 2 unspecified atom stereocenters. The number of carbonyl (C=O) groups is 1. The molecule has 0 aromatic heterocycles. The van der Waals surface area contributed by atoms with Crippen molar-refractivity contribution in [2.24, 2.45) is 11.8 Å². The first-order chi connectivity index (χ1) is 11.9. The largest absolute Gasteiger partial charge is 0.491 e. The molecule has 132 valence electrons. The molecule has 0 radical (unpaired) electrons. The average molecular weight is 359 g/mol. The third kappa shape index (κ3) is 4.55. The van der Waals surface area contributed by atoms with Gasteiger partial charge in [0.1, 0.15) is 5.75 Å². The molecular weight excluding hydrogens is 336 g/mol. The second kappa shape index (κ2) is 7.49. The van der Waals surface area contributed by atoms with Gasteiger partial charge in [0.25, 0.3) is 0 Å². The molecule has 4 heteroatoms. The van der Waals surface area contributed by atoms with Gasteiger partial charge in [0.15, 0.2) is 0 Å². The van der Waals surface area contributed by atoms with E-state index in [9.17, 15) is 4.79 Å². The Morgan fingerprint density at radius 2 is 1.96 bits per heavy atom. The molecule has 3 rings (SSSR count). The van der Waals surface area contributed by atoms with Crippen LogP contribution in [-0.4, -0.2) is 17.2 Å². The number of hydrogen-bond acceptors (Lipinski definition) is 2. The van der Waals surface area contributed by atoms with Crippen LogP contribution in [0.1, 0.15) is 32.3 Å². The number of aryl methyl sites for hydroxylation is 1. The molecule has 0 aliphatic heterocycles. The number of ether oxygens (including phenoxy) is 1. The first-order valence-electron chi connectivity index (χ1n) is 8.72. The van der Waals surface area contributed by atoms with Gasteiger partial charge >= 0.3 is 5.97 Å². The zero-order valence-corrected chi connectivity index (χ0v) is 15.3. The standard InChI is InChI=1S/C21H23ClO3/c1-13(2)25-17-9-10-20(22)18(12-17)15-6-3-14(4-7-15)5-8-16-11-19(16)21(23)24/h3-4,6-7,9-10,12-13,16,19H,5,8,11H2,1-2H3,(H,23,24). The van der Waals surface area contributed by atoms with Crippen LogP contribution in [0.3, 0.4) is 0 Å². The molecule has 1 fully saturated rings. The van der Waals surface area contributed by atoms with Crippen molar-refractivity contribution >= 4 is 17.6 Å². The van der Waals surface area contributed by atoms with Crippen LogP contribution in [0.4, 0.5) is 0 Å². The van der Waals surface area contributed by atoms with Gasteiger partial charge in [-0.05, 0) is 68.4 Å². The van der Waals surface area contributed by atoms with E-state index in [4.69, 9.17) is 21.4 Å². The van der Waals surface area contributed by atoms with Crippen LogP contribution in [0.5, 0.6) is 5.75 Å². The maximum Gasteiger partial charge on any atom is 0.306 e. The van der Waals surface area contributed by atoms with Crippen molar-refractivity contribution in [1.82, 2.24) is 0 Å². The molecule has 3 nitrogen and oxygen atoms in total. The average Bonchev–Trinajstić information content (AvgIpc) is 3.35. The predicted molar refractivity (Wildman–Crippen MR) is 100 cm³/mol. The summed E-state index contributed by atoms with van der Waals surface area (Å²) in [4.78, 5) is 10.9. The van der Waals surface area contributed by atoms with Crippen molar-refractivity contribution in [3.63, 3.8) is 0 Å². The van der Waals surface area contributed by atoms with Crippen molar-refractivity contribution in [2.75, 3.05) is 0 Å². The van der Waals surface area contributed by atoms with Gasteiger partial charge in [0, 0.05) is 10.6 Å². The highest BCUT2D eigenvalue weighted by molar-refractivity contribution is 6.33. The number of carboxylic acid groups (broad SMARTS) is 1. The summed E-state index contributed by atoms with van der Waals surface area (Å²) < 4.78 is 5.75. The van der Waals surface area contributed by atoms with Crippen LogP contribution >= 0.6 is 11.6 Å². The fourth-order valence-corrected chi connectivity index (χ4v) is 3.37. The number of benzene rings is 2. The molecule has 0 spiro atoms. The molecule has 2 atom stereocenters. The van der Waals surface area contributed by atoms with Crippen molar-refractivity contribution in [3.8, 4) is 16.9 Å². The van der Waals surface area contributed by atoms with Gasteiger partial charge in [-0.15, -0.1) is 0 Å². The van der Waals surface area contributed by atoms with Crippen molar-refractivity contribution in [3.05, 3.63) is 53.1 Å². The molecule has 1 aliphatic rings. The Balaban J connectivity index is 1.67. The van der Waals surface area contributed by atoms with E-state index in [1.54, 1.807) is 0 Å². The quantitative estimate of drug-likeness (QED) is 0.716. The Morgan fingerprint density at radius 1 is 1.24 bits per heavy atom. The third-order valence-electron chi connectivity index (χ3n) is 4.62. The minimum absolute atomic E-state index is 0.119. The molecule has 0 bridgehead atoms. The molecule has 0 heterocycles. The Bertz CT molecular complexity index is 752. The number of halogens is 1. The first kappa shape index (κ1) is 17.8. The van der Waals surface area contributed by atoms with Gasteiger partial charge in [-0.1, -0.05) is 35.9 Å². The number of carboxylic acids is 1. The van der Waals surface area contributed by atoms with E-state index in [-0.39, 0.29) is 12.0 Å². The lowest BCUT2D eigenvalue weighted by atomic mass is 10.0. The van der Waals surface area contributed by atoms with Gasteiger partial charge < -0.3 is 9.84 Å². The summed E-state index contributed by atoms with van der Waals surface area (Å²) in [6.45, 7) is 4.00. The number of rotatable bonds is 7. The minimum atomic E-state index is -0.654. The van der Waals surface area contributed by atoms with Gasteiger partial charge in [-0.2, -0.15) is 0 Å². The highest BCUT2D eigenvalue weighted by Crippen LogP contribution is 2.42. The summed E-state index contributed by atoms with van der Waals surface area (Å²) in [6.07, 6.45) is 2.80. The Kier molecular flexibility index (Phi) is 5.33. The molecule has 25 heavy (non-hydrogen) atoms. The van der Waals surface area contributed by atoms with Crippen molar-refractivity contribution in [2.45, 2.75) is 39.2 Å². The summed E-state index contributed by atoms with van der Waals surface area (Å²) in [5.41, 5.74) is 3.24. The maximum absolute atomic E-state index is 10.9. The van der Waals surface area contributed by atoms with E-state index < -0.39 is 5.97 Å². The Labute approximate surface area is 153 Å². The number of hydrogen-bond donors (Lipinski definition) is 1. The van der Waals surface area contributed by atoms with Crippen LogP contribution in [-0.2, 0) is 11.2 Å². The molecule has 1 saturated carbocycles.